The fourth-order valence-electron chi connectivity index (χ4n) is 2.65. The van der Waals surface area contributed by atoms with Crippen LogP contribution >= 0.6 is 23.1 Å². The summed E-state index contributed by atoms with van der Waals surface area (Å²) in [4.78, 5) is 26.5. The topological polar surface area (TPSA) is 75.2 Å². The van der Waals surface area contributed by atoms with Crippen molar-refractivity contribution in [2.75, 3.05) is 6.26 Å². The number of carbonyl (C=O) groups is 2. The van der Waals surface area contributed by atoms with Crippen LogP contribution < -0.4 is 5.32 Å². The van der Waals surface area contributed by atoms with E-state index in [9.17, 15) is 9.59 Å². The van der Waals surface area contributed by atoms with E-state index in [1.165, 1.54) is 28.0 Å². The number of imide groups is 1. The summed E-state index contributed by atoms with van der Waals surface area (Å²) in [5.41, 5.74) is -0.198. The Bertz CT molecular complexity index is 734. The van der Waals surface area contributed by atoms with Crippen LogP contribution in [0.2, 0.25) is 0 Å². The van der Waals surface area contributed by atoms with Crippen LogP contribution in [0.5, 0.6) is 0 Å². The zero-order valence-electron chi connectivity index (χ0n) is 12.8. The number of carbonyl (C=O) groups excluding carboxylic acids is 2. The first-order valence-corrected chi connectivity index (χ1v) is 9.21. The van der Waals surface area contributed by atoms with E-state index in [0.717, 1.165) is 9.90 Å². The minimum absolute atomic E-state index is 0.150. The van der Waals surface area contributed by atoms with Crippen molar-refractivity contribution in [3.63, 3.8) is 0 Å². The molecule has 120 valence electrons. The van der Waals surface area contributed by atoms with Crippen molar-refractivity contribution in [3.05, 3.63) is 40.9 Å². The van der Waals surface area contributed by atoms with Crippen molar-refractivity contribution < 1.29 is 9.59 Å². The van der Waals surface area contributed by atoms with Gasteiger partial charge >= 0.3 is 6.03 Å². The van der Waals surface area contributed by atoms with Crippen LogP contribution in [0.3, 0.4) is 0 Å². The van der Waals surface area contributed by atoms with E-state index in [4.69, 9.17) is 0 Å². The molecule has 23 heavy (non-hydrogen) atoms. The number of aromatic nitrogens is 2. The van der Waals surface area contributed by atoms with Crippen molar-refractivity contribution in [2.45, 2.75) is 29.8 Å². The lowest BCUT2D eigenvalue weighted by Crippen LogP contribution is -2.43. The minimum Gasteiger partial charge on any atom is -0.319 e. The van der Waals surface area contributed by atoms with Gasteiger partial charge in [0.15, 0.2) is 4.34 Å². The van der Waals surface area contributed by atoms with Crippen molar-refractivity contribution in [1.82, 2.24) is 20.4 Å². The van der Waals surface area contributed by atoms with Crippen LogP contribution in [0.1, 0.15) is 23.9 Å². The summed E-state index contributed by atoms with van der Waals surface area (Å²) >= 11 is 2.89. The van der Waals surface area contributed by atoms with Gasteiger partial charge in [-0.15, -0.1) is 10.2 Å². The molecular formula is C15H16N4O2S2. The summed E-state index contributed by atoms with van der Waals surface area (Å²) in [6.45, 7) is 2.04. The first-order chi connectivity index (χ1) is 11.1. The molecule has 0 aliphatic carbocycles. The molecule has 0 bridgehead atoms. The quantitative estimate of drug-likeness (QED) is 0.664. The van der Waals surface area contributed by atoms with Crippen LogP contribution in [-0.2, 0) is 16.9 Å². The number of thioether (sulfide) groups is 1. The second-order valence-corrected chi connectivity index (χ2v) is 7.23. The molecule has 0 radical (unpaired) electrons. The summed E-state index contributed by atoms with van der Waals surface area (Å²) in [6.07, 6.45) is 2.40. The maximum atomic E-state index is 12.9. The Morgan fingerprint density at radius 3 is 2.61 bits per heavy atom. The Morgan fingerprint density at radius 2 is 2.00 bits per heavy atom. The average molecular weight is 348 g/mol. The SMILES string of the molecule is CCC1(c2ccccc2)NC(=O)N(Cc2nnc(SC)s2)C1=O. The van der Waals surface area contributed by atoms with Crippen molar-refractivity contribution >= 4 is 35.0 Å². The summed E-state index contributed by atoms with van der Waals surface area (Å²) in [5.74, 6) is -0.239. The number of nitrogens with one attached hydrogen (secondary N) is 1. The molecule has 8 heteroatoms. The Labute approximate surface area is 142 Å². The molecule has 1 aromatic heterocycles. The molecule has 2 heterocycles. The molecule has 2 aromatic rings. The Balaban J connectivity index is 1.89. The summed E-state index contributed by atoms with van der Waals surface area (Å²) in [5, 5.41) is 11.6. The summed E-state index contributed by atoms with van der Waals surface area (Å²) in [7, 11) is 0. The highest BCUT2D eigenvalue weighted by Crippen LogP contribution is 2.33. The van der Waals surface area contributed by atoms with Crippen LogP contribution in [0, 0.1) is 0 Å². The van der Waals surface area contributed by atoms with E-state index in [-0.39, 0.29) is 18.5 Å². The van der Waals surface area contributed by atoms with Gasteiger partial charge in [0.2, 0.25) is 0 Å². The van der Waals surface area contributed by atoms with Gasteiger partial charge in [-0.3, -0.25) is 9.69 Å². The van der Waals surface area contributed by atoms with Crippen molar-refractivity contribution in [1.29, 1.82) is 0 Å². The molecule has 1 unspecified atom stereocenters. The lowest BCUT2D eigenvalue weighted by atomic mass is 9.87. The van der Waals surface area contributed by atoms with E-state index in [1.54, 1.807) is 0 Å². The van der Waals surface area contributed by atoms with Crippen LogP contribution in [0.15, 0.2) is 34.7 Å². The third kappa shape index (κ3) is 2.72. The van der Waals surface area contributed by atoms with Crippen LogP contribution in [0.25, 0.3) is 0 Å². The molecule has 1 fully saturated rings. The molecule has 3 rings (SSSR count). The van der Waals surface area contributed by atoms with Gasteiger partial charge in [0, 0.05) is 0 Å². The van der Waals surface area contributed by atoms with E-state index in [1.807, 2.05) is 43.5 Å². The second-order valence-electron chi connectivity index (χ2n) is 5.11. The molecule has 1 N–H and O–H groups in total. The van der Waals surface area contributed by atoms with Gasteiger partial charge in [-0.1, -0.05) is 60.4 Å². The highest BCUT2D eigenvalue weighted by Gasteiger charge is 2.51. The van der Waals surface area contributed by atoms with Gasteiger partial charge in [-0.25, -0.2) is 4.79 Å². The molecule has 1 atom stereocenters. The molecular weight excluding hydrogens is 332 g/mol. The number of urea groups is 1. The maximum Gasteiger partial charge on any atom is 0.325 e. The Kier molecular flexibility index (Phi) is 4.36. The molecule has 6 nitrogen and oxygen atoms in total. The summed E-state index contributed by atoms with van der Waals surface area (Å²) in [6, 6.07) is 8.96. The van der Waals surface area contributed by atoms with Gasteiger partial charge in [-0.05, 0) is 18.2 Å². The first-order valence-electron chi connectivity index (χ1n) is 7.16. The lowest BCUT2D eigenvalue weighted by molar-refractivity contribution is -0.132. The highest BCUT2D eigenvalue weighted by molar-refractivity contribution is 8.00. The maximum absolute atomic E-state index is 12.9. The van der Waals surface area contributed by atoms with Gasteiger partial charge < -0.3 is 5.32 Å². The number of amides is 3. The van der Waals surface area contributed by atoms with Gasteiger partial charge in [0.05, 0.1) is 6.54 Å². The third-order valence-corrected chi connectivity index (χ3v) is 5.77. The molecule has 1 aliphatic rings. The third-order valence-electron chi connectivity index (χ3n) is 3.89. The number of benzene rings is 1. The molecule has 3 amide bonds. The largest absolute Gasteiger partial charge is 0.325 e. The number of hydrogen-bond donors (Lipinski definition) is 1. The first kappa shape index (κ1) is 15.9. The predicted octanol–water partition coefficient (Wildman–Crippen LogP) is 2.62. The number of rotatable bonds is 5. The standard InChI is InChI=1S/C15H16N4O2S2/c1-3-15(10-7-5-4-6-8-10)12(20)19(13(21)16-15)9-11-17-18-14(22-2)23-11/h4-8H,3,9H2,1-2H3,(H,16,21). The van der Waals surface area contributed by atoms with E-state index < -0.39 is 5.54 Å². The predicted molar refractivity (Wildman–Crippen MR) is 89.2 cm³/mol. The fraction of sp³-hybridized carbons (Fsp3) is 0.333. The van der Waals surface area contributed by atoms with Gasteiger partial charge in [0.1, 0.15) is 10.5 Å². The van der Waals surface area contributed by atoms with Gasteiger partial charge in [-0.2, -0.15) is 0 Å². The Hall–Kier alpha value is -1.93. The van der Waals surface area contributed by atoms with Crippen LogP contribution in [0.4, 0.5) is 4.79 Å². The normalized spacial score (nSPS) is 20.9. The lowest BCUT2D eigenvalue weighted by Gasteiger charge is -2.25. The zero-order chi connectivity index (χ0) is 16.4. The Morgan fingerprint density at radius 1 is 1.26 bits per heavy atom. The molecule has 0 spiro atoms. The highest BCUT2D eigenvalue weighted by atomic mass is 32.2. The van der Waals surface area contributed by atoms with Crippen molar-refractivity contribution in [3.8, 4) is 0 Å². The van der Waals surface area contributed by atoms with E-state index in [2.05, 4.69) is 15.5 Å². The van der Waals surface area contributed by atoms with Crippen LogP contribution in [-0.4, -0.2) is 33.3 Å². The molecule has 1 aliphatic heterocycles. The van der Waals surface area contributed by atoms with E-state index >= 15 is 0 Å². The minimum atomic E-state index is -0.995. The number of nitrogens with zero attached hydrogens (tertiary/aromatic N) is 3. The molecule has 1 saturated heterocycles. The summed E-state index contributed by atoms with van der Waals surface area (Å²) < 4.78 is 0.817. The monoisotopic (exact) mass is 348 g/mol. The van der Waals surface area contributed by atoms with Crippen molar-refractivity contribution in [2.24, 2.45) is 0 Å². The average Bonchev–Trinajstić information content (AvgIpc) is 3.14. The molecule has 1 aromatic carbocycles. The van der Waals surface area contributed by atoms with E-state index in [0.29, 0.717) is 11.4 Å². The smallest absolute Gasteiger partial charge is 0.319 e. The fourth-order valence-corrected chi connectivity index (χ4v) is 3.95. The second kappa shape index (κ2) is 6.29. The zero-order valence-corrected chi connectivity index (χ0v) is 14.4. The number of hydrogen-bond acceptors (Lipinski definition) is 6. The molecule has 0 saturated carbocycles. The van der Waals surface area contributed by atoms with Gasteiger partial charge in [0.25, 0.3) is 5.91 Å².